The van der Waals surface area contributed by atoms with Gasteiger partial charge in [0.05, 0.1) is 40.4 Å². The Labute approximate surface area is 175 Å². The van der Waals surface area contributed by atoms with E-state index in [-0.39, 0.29) is 22.5 Å². The summed E-state index contributed by atoms with van der Waals surface area (Å²) in [4.78, 5) is 21.4. The van der Waals surface area contributed by atoms with Gasteiger partial charge in [-0.15, -0.1) is 11.3 Å². The molecular weight excluding hydrogens is 507 g/mol. The Morgan fingerprint density at radius 1 is 1.29 bits per heavy atom. The normalized spacial score (nSPS) is 11.2. The average molecular weight is 521 g/mol. The highest BCUT2D eigenvalue weighted by molar-refractivity contribution is 14.1. The molecule has 0 aliphatic rings. The number of carbonyl (C=O) groups excluding carboxylic acids is 1. The number of aliphatic hydroxyl groups excluding tert-OH is 2. The van der Waals surface area contributed by atoms with Gasteiger partial charge in [-0.3, -0.25) is 9.63 Å². The molecule has 0 saturated carbocycles. The van der Waals surface area contributed by atoms with Gasteiger partial charge < -0.3 is 15.5 Å². The van der Waals surface area contributed by atoms with Gasteiger partial charge in [-0.1, -0.05) is 0 Å². The van der Waals surface area contributed by atoms with Crippen LogP contribution in [0.2, 0.25) is 0 Å². The third-order valence-corrected chi connectivity index (χ3v) is 5.17. The number of thiazole rings is 1. The number of hydroxylamine groups is 1. The molecule has 11 heteroatoms. The van der Waals surface area contributed by atoms with E-state index in [0.29, 0.717) is 8.27 Å². The zero-order valence-electron chi connectivity index (χ0n) is 14.1. The Hall–Kier alpha value is -1.93. The van der Waals surface area contributed by atoms with Crippen LogP contribution >= 0.6 is 33.9 Å². The van der Waals surface area contributed by atoms with Gasteiger partial charge in [-0.2, -0.15) is 0 Å². The van der Waals surface area contributed by atoms with Crippen LogP contribution in [0.1, 0.15) is 10.4 Å². The molecule has 2 aromatic carbocycles. The number of rotatable bonds is 7. The van der Waals surface area contributed by atoms with Gasteiger partial charge in [-0.05, 0) is 46.9 Å². The van der Waals surface area contributed by atoms with E-state index in [2.05, 4.69) is 15.8 Å². The molecule has 148 valence electrons. The summed E-state index contributed by atoms with van der Waals surface area (Å²) in [6.45, 7) is -1.06. The van der Waals surface area contributed by atoms with E-state index < -0.39 is 36.9 Å². The van der Waals surface area contributed by atoms with Gasteiger partial charge in [0.15, 0.2) is 5.82 Å². The number of amides is 1. The number of carbonyl (C=O) groups is 1. The Kier molecular flexibility index (Phi) is 6.72. The van der Waals surface area contributed by atoms with Crippen LogP contribution in [0.3, 0.4) is 0 Å². The summed E-state index contributed by atoms with van der Waals surface area (Å²) in [6.07, 6.45) is -1.04. The molecule has 3 rings (SSSR count). The molecule has 0 radical (unpaired) electrons. The number of halogens is 3. The monoisotopic (exact) mass is 521 g/mol. The molecule has 0 aliphatic carbocycles. The van der Waals surface area contributed by atoms with Crippen LogP contribution < -0.4 is 10.8 Å². The first kappa shape index (κ1) is 20.8. The molecule has 28 heavy (non-hydrogen) atoms. The van der Waals surface area contributed by atoms with Crippen molar-refractivity contribution in [3.05, 3.63) is 50.5 Å². The van der Waals surface area contributed by atoms with Crippen molar-refractivity contribution in [2.75, 3.05) is 18.5 Å². The number of fused-ring (bicyclic) bond motifs is 1. The van der Waals surface area contributed by atoms with E-state index in [9.17, 15) is 9.18 Å². The molecule has 0 saturated heterocycles. The highest BCUT2D eigenvalue weighted by Gasteiger charge is 2.22. The van der Waals surface area contributed by atoms with E-state index in [0.717, 1.165) is 11.3 Å². The lowest BCUT2D eigenvalue weighted by atomic mass is 10.1. The van der Waals surface area contributed by atoms with E-state index in [1.807, 2.05) is 22.6 Å². The van der Waals surface area contributed by atoms with Crippen LogP contribution in [0.4, 0.5) is 20.2 Å². The maximum atomic E-state index is 15.0. The van der Waals surface area contributed by atoms with Gasteiger partial charge in [0.2, 0.25) is 0 Å². The molecule has 3 aromatic rings. The van der Waals surface area contributed by atoms with Crippen LogP contribution in [0, 0.1) is 15.2 Å². The van der Waals surface area contributed by atoms with Crippen molar-refractivity contribution in [2.45, 2.75) is 6.10 Å². The van der Waals surface area contributed by atoms with Crippen molar-refractivity contribution < 1.29 is 28.6 Å². The van der Waals surface area contributed by atoms with Crippen LogP contribution in [-0.4, -0.2) is 40.4 Å². The van der Waals surface area contributed by atoms with Gasteiger partial charge in [0.25, 0.3) is 5.91 Å². The fourth-order valence-electron chi connectivity index (χ4n) is 2.31. The molecule has 0 fully saturated rings. The first-order valence-electron chi connectivity index (χ1n) is 7.90. The zero-order valence-corrected chi connectivity index (χ0v) is 17.1. The molecule has 4 N–H and O–H groups in total. The summed E-state index contributed by atoms with van der Waals surface area (Å²) in [5, 5.41) is 20.6. The van der Waals surface area contributed by atoms with E-state index >= 15 is 4.39 Å². The standard InChI is InChI=1S/C17H14F2IN3O4S/c18-11-3-8(20)1-2-12(11)22-15-10(17(26)23-27-9(5-24)6-25)4-13-16(14(15)19)21-7-28-13/h1-4,7,9,22,24-25H,5-6H2,(H,23,26). The number of anilines is 2. The van der Waals surface area contributed by atoms with Crippen molar-refractivity contribution in [1.29, 1.82) is 0 Å². The molecule has 7 nitrogen and oxygen atoms in total. The van der Waals surface area contributed by atoms with Crippen LogP contribution in [0.25, 0.3) is 10.2 Å². The molecule has 1 heterocycles. The Bertz CT molecular complexity index is 1010. The van der Waals surface area contributed by atoms with Gasteiger partial charge in [0, 0.05) is 3.57 Å². The Balaban J connectivity index is 2.00. The quantitative estimate of drug-likeness (QED) is 0.282. The van der Waals surface area contributed by atoms with Crippen molar-refractivity contribution in [3.8, 4) is 0 Å². The number of benzene rings is 2. The van der Waals surface area contributed by atoms with Crippen LogP contribution in [0.5, 0.6) is 0 Å². The van der Waals surface area contributed by atoms with E-state index in [4.69, 9.17) is 15.1 Å². The summed E-state index contributed by atoms with van der Waals surface area (Å²) < 4.78 is 30.3. The van der Waals surface area contributed by atoms with Gasteiger partial charge in [-0.25, -0.2) is 19.2 Å². The summed E-state index contributed by atoms with van der Waals surface area (Å²) >= 11 is 3.07. The largest absolute Gasteiger partial charge is 0.393 e. The van der Waals surface area contributed by atoms with Crippen LogP contribution in [0.15, 0.2) is 29.8 Å². The minimum absolute atomic E-state index is 0.0209. The third kappa shape index (κ3) is 4.38. The fraction of sp³-hybridized carbons (Fsp3) is 0.176. The fourth-order valence-corrected chi connectivity index (χ4v) is 3.48. The lowest BCUT2D eigenvalue weighted by molar-refractivity contribution is -0.0618. The van der Waals surface area contributed by atoms with Gasteiger partial charge in [0.1, 0.15) is 17.4 Å². The second kappa shape index (κ2) is 9.05. The zero-order chi connectivity index (χ0) is 20.3. The number of aliphatic hydroxyl groups is 2. The maximum Gasteiger partial charge on any atom is 0.277 e. The van der Waals surface area contributed by atoms with Crippen molar-refractivity contribution in [2.24, 2.45) is 0 Å². The van der Waals surface area contributed by atoms with Gasteiger partial charge >= 0.3 is 0 Å². The topological polar surface area (TPSA) is 104 Å². The van der Waals surface area contributed by atoms with Crippen molar-refractivity contribution in [3.63, 3.8) is 0 Å². The second-order valence-corrected chi connectivity index (χ2v) is 7.73. The van der Waals surface area contributed by atoms with Crippen molar-refractivity contribution in [1.82, 2.24) is 10.5 Å². The molecule has 1 amide bonds. The minimum atomic E-state index is -1.04. The summed E-state index contributed by atoms with van der Waals surface area (Å²) in [5.74, 6) is -2.27. The molecule has 0 aliphatic heterocycles. The third-order valence-electron chi connectivity index (χ3n) is 3.73. The molecule has 0 spiro atoms. The molecular formula is C17H14F2IN3O4S. The smallest absolute Gasteiger partial charge is 0.277 e. The van der Waals surface area contributed by atoms with Crippen molar-refractivity contribution >= 4 is 61.4 Å². The Morgan fingerprint density at radius 3 is 2.71 bits per heavy atom. The maximum absolute atomic E-state index is 15.0. The molecule has 1 aromatic heterocycles. The molecule has 0 unspecified atom stereocenters. The average Bonchev–Trinajstić information content (AvgIpc) is 3.15. The summed E-state index contributed by atoms with van der Waals surface area (Å²) in [7, 11) is 0. The summed E-state index contributed by atoms with van der Waals surface area (Å²) in [6, 6.07) is 5.71. The number of aromatic nitrogens is 1. The number of hydrogen-bond donors (Lipinski definition) is 4. The minimum Gasteiger partial charge on any atom is -0.393 e. The second-order valence-electron chi connectivity index (χ2n) is 5.60. The van der Waals surface area contributed by atoms with E-state index in [1.165, 1.54) is 23.7 Å². The van der Waals surface area contributed by atoms with E-state index in [1.54, 1.807) is 6.07 Å². The number of nitrogens with one attached hydrogen (secondary N) is 2. The first-order valence-corrected chi connectivity index (χ1v) is 9.86. The Morgan fingerprint density at radius 2 is 2.04 bits per heavy atom. The SMILES string of the molecule is O=C(NOC(CO)CO)c1cc2scnc2c(F)c1Nc1ccc(I)cc1F. The predicted octanol–water partition coefficient (Wildman–Crippen LogP) is 2.94. The predicted molar refractivity (Wildman–Crippen MR) is 108 cm³/mol. The number of nitrogens with zero attached hydrogens (tertiary/aromatic N) is 1. The van der Waals surface area contributed by atoms with Crippen LogP contribution in [-0.2, 0) is 4.84 Å². The number of hydrogen-bond acceptors (Lipinski definition) is 7. The highest BCUT2D eigenvalue weighted by atomic mass is 127. The highest BCUT2D eigenvalue weighted by Crippen LogP contribution is 2.33. The first-order chi connectivity index (χ1) is 13.4. The summed E-state index contributed by atoms with van der Waals surface area (Å²) in [5.41, 5.74) is 3.08. The molecule has 0 atom stereocenters. The lowest BCUT2D eigenvalue weighted by Crippen LogP contribution is -2.34. The molecule has 0 bridgehead atoms. The lowest BCUT2D eigenvalue weighted by Gasteiger charge is -2.16.